The molecule has 11 aromatic rings. The molecule has 3 heteroatoms. The third kappa shape index (κ3) is 6.00. The van der Waals surface area contributed by atoms with Gasteiger partial charge in [-0.3, -0.25) is 0 Å². The molecule has 0 aliphatic heterocycles. The van der Waals surface area contributed by atoms with Crippen molar-refractivity contribution in [1.82, 2.24) is 0 Å². The van der Waals surface area contributed by atoms with Crippen LogP contribution in [0.15, 0.2) is 212 Å². The highest BCUT2D eigenvalue weighted by atomic mass is 32.1. The molecular formula is C54H35NS2. The van der Waals surface area contributed by atoms with Crippen LogP contribution in [0.25, 0.3) is 84.9 Å². The molecule has 0 unspecified atom stereocenters. The van der Waals surface area contributed by atoms with Crippen LogP contribution in [0.5, 0.6) is 0 Å². The summed E-state index contributed by atoms with van der Waals surface area (Å²) in [6, 6.07) is 77.3. The van der Waals surface area contributed by atoms with Crippen molar-refractivity contribution in [2.45, 2.75) is 0 Å². The number of anilines is 3. The van der Waals surface area contributed by atoms with Gasteiger partial charge in [0.1, 0.15) is 0 Å². The van der Waals surface area contributed by atoms with Crippen molar-refractivity contribution in [3.8, 4) is 44.5 Å². The minimum Gasteiger partial charge on any atom is -0.310 e. The second-order valence-corrected chi connectivity index (χ2v) is 16.6. The van der Waals surface area contributed by atoms with Gasteiger partial charge in [-0.1, -0.05) is 158 Å². The van der Waals surface area contributed by atoms with Crippen molar-refractivity contribution >= 4 is 80.1 Å². The predicted molar refractivity (Wildman–Crippen MR) is 249 cm³/mol. The van der Waals surface area contributed by atoms with Crippen molar-refractivity contribution in [2.75, 3.05) is 4.90 Å². The van der Waals surface area contributed by atoms with Gasteiger partial charge < -0.3 is 4.90 Å². The van der Waals surface area contributed by atoms with Crippen molar-refractivity contribution in [1.29, 1.82) is 0 Å². The highest BCUT2D eigenvalue weighted by Crippen LogP contribution is 2.47. The van der Waals surface area contributed by atoms with Crippen molar-refractivity contribution in [3.05, 3.63) is 212 Å². The smallest absolute Gasteiger partial charge is 0.0467 e. The molecule has 0 spiro atoms. The maximum Gasteiger partial charge on any atom is 0.0467 e. The second-order valence-electron chi connectivity index (χ2n) is 14.5. The molecule has 268 valence electrons. The Morgan fingerprint density at radius 1 is 0.281 bits per heavy atom. The SMILES string of the molecule is c1ccc(-c2ccc(N(c3ccc(-c4ccccc4)cc3)c3cccc(-c4ccc(-c5cccc6sc7ccc8c9ccccc9sc8c7c56)cc4)c3)cc2)cc1. The fourth-order valence-electron chi connectivity index (χ4n) is 8.31. The van der Waals surface area contributed by atoms with E-state index in [4.69, 9.17) is 0 Å². The minimum atomic E-state index is 1.11. The van der Waals surface area contributed by atoms with E-state index in [0.29, 0.717) is 0 Å². The first-order valence-electron chi connectivity index (χ1n) is 19.3. The fourth-order valence-corrected chi connectivity index (χ4v) is 10.8. The van der Waals surface area contributed by atoms with Gasteiger partial charge >= 0.3 is 0 Å². The number of benzene rings is 9. The summed E-state index contributed by atoms with van der Waals surface area (Å²) in [7, 11) is 0. The van der Waals surface area contributed by atoms with E-state index in [1.54, 1.807) is 0 Å². The molecule has 2 heterocycles. The van der Waals surface area contributed by atoms with Crippen LogP contribution in [0, 0.1) is 0 Å². The molecule has 0 amide bonds. The predicted octanol–water partition coefficient (Wildman–Crippen LogP) is 16.6. The third-order valence-electron chi connectivity index (χ3n) is 11.1. The van der Waals surface area contributed by atoms with Gasteiger partial charge in [0.25, 0.3) is 0 Å². The normalized spacial score (nSPS) is 11.5. The summed E-state index contributed by atoms with van der Waals surface area (Å²) in [6.07, 6.45) is 0. The molecule has 11 rings (SSSR count). The molecule has 0 aliphatic carbocycles. The maximum atomic E-state index is 2.36. The summed E-state index contributed by atoms with van der Waals surface area (Å²) in [4.78, 5) is 2.36. The van der Waals surface area contributed by atoms with Gasteiger partial charge in [0.2, 0.25) is 0 Å². The number of rotatable bonds is 7. The van der Waals surface area contributed by atoms with Gasteiger partial charge in [0.15, 0.2) is 0 Å². The number of nitrogens with zero attached hydrogens (tertiary/aromatic N) is 1. The molecule has 0 saturated carbocycles. The Labute approximate surface area is 340 Å². The summed E-state index contributed by atoms with van der Waals surface area (Å²) in [5.41, 5.74) is 13.0. The lowest BCUT2D eigenvalue weighted by Gasteiger charge is -2.26. The highest BCUT2D eigenvalue weighted by molar-refractivity contribution is 7.29. The van der Waals surface area contributed by atoms with Crippen molar-refractivity contribution in [3.63, 3.8) is 0 Å². The number of hydrogen-bond donors (Lipinski definition) is 0. The average Bonchev–Trinajstić information content (AvgIpc) is 3.87. The Balaban J connectivity index is 0.976. The summed E-state index contributed by atoms with van der Waals surface area (Å²) >= 11 is 3.81. The topological polar surface area (TPSA) is 3.24 Å². The fraction of sp³-hybridized carbons (Fsp3) is 0. The van der Waals surface area contributed by atoms with Crippen LogP contribution in [0.4, 0.5) is 17.1 Å². The molecule has 57 heavy (non-hydrogen) atoms. The standard InChI is InChI=1S/C54H35NS2/c1-3-11-36(12-4-1)38-25-29-43(30-26-38)55(44-31-27-39(28-32-44)37-13-5-2-6-14-37)45-16-9-15-42(35-45)40-21-23-41(24-22-40)46-18-10-20-50-52(46)53-51(56-50)34-33-48-47-17-7-8-19-49(47)57-54(48)53/h1-35H. The van der Waals surface area contributed by atoms with E-state index in [0.717, 1.165) is 17.1 Å². The first kappa shape index (κ1) is 33.5. The Kier molecular flexibility index (Phi) is 8.28. The van der Waals surface area contributed by atoms with Crippen LogP contribution in [0.3, 0.4) is 0 Å². The van der Waals surface area contributed by atoms with E-state index in [1.165, 1.54) is 84.9 Å². The van der Waals surface area contributed by atoms with Crippen LogP contribution >= 0.6 is 22.7 Å². The molecule has 0 bridgehead atoms. The summed E-state index contributed by atoms with van der Waals surface area (Å²) in [5, 5.41) is 5.43. The Morgan fingerprint density at radius 2 is 0.789 bits per heavy atom. The van der Waals surface area contributed by atoms with Crippen LogP contribution in [-0.2, 0) is 0 Å². The average molecular weight is 762 g/mol. The third-order valence-corrected chi connectivity index (χ3v) is 13.4. The zero-order chi connectivity index (χ0) is 37.7. The number of fused-ring (bicyclic) bond motifs is 7. The van der Waals surface area contributed by atoms with E-state index in [9.17, 15) is 0 Å². The van der Waals surface area contributed by atoms with Gasteiger partial charge in [-0.05, 0) is 99.1 Å². The largest absolute Gasteiger partial charge is 0.310 e. The summed E-state index contributed by atoms with van der Waals surface area (Å²) < 4.78 is 5.40. The maximum absolute atomic E-state index is 2.36. The summed E-state index contributed by atoms with van der Waals surface area (Å²) in [6.45, 7) is 0. The zero-order valence-corrected chi connectivity index (χ0v) is 32.6. The molecule has 0 N–H and O–H groups in total. The first-order chi connectivity index (χ1) is 28.2. The van der Waals surface area contributed by atoms with E-state index in [1.807, 2.05) is 22.7 Å². The van der Waals surface area contributed by atoms with Gasteiger partial charge in [-0.2, -0.15) is 0 Å². The lowest BCUT2D eigenvalue weighted by atomic mass is 9.96. The lowest BCUT2D eigenvalue weighted by molar-refractivity contribution is 1.28. The van der Waals surface area contributed by atoms with Crippen LogP contribution in [0.1, 0.15) is 0 Å². The van der Waals surface area contributed by atoms with Crippen molar-refractivity contribution in [2.24, 2.45) is 0 Å². The first-order valence-corrected chi connectivity index (χ1v) is 21.0. The molecule has 9 aromatic carbocycles. The summed E-state index contributed by atoms with van der Waals surface area (Å²) in [5.74, 6) is 0. The zero-order valence-electron chi connectivity index (χ0n) is 31.0. The molecular weight excluding hydrogens is 727 g/mol. The molecule has 2 aromatic heterocycles. The van der Waals surface area contributed by atoms with Crippen LogP contribution in [0.2, 0.25) is 0 Å². The molecule has 0 radical (unpaired) electrons. The quantitative estimate of drug-likeness (QED) is 0.156. The molecule has 1 nitrogen and oxygen atoms in total. The highest BCUT2D eigenvalue weighted by Gasteiger charge is 2.18. The van der Waals surface area contributed by atoms with E-state index in [-0.39, 0.29) is 0 Å². The van der Waals surface area contributed by atoms with Gasteiger partial charge in [0.05, 0.1) is 0 Å². The molecule has 0 saturated heterocycles. The lowest BCUT2D eigenvalue weighted by Crippen LogP contribution is -2.10. The van der Waals surface area contributed by atoms with E-state index < -0.39 is 0 Å². The Bertz CT molecular complexity index is 3110. The van der Waals surface area contributed by atoms with Crippen LogP contribution < -0.4 is 4.90 Å². The Morgan fingerprint density at radius 3 is 1.47 bits per heavy atom. The van der Waals surface area contributed by atoms with Gasteiger partial charge in [-0.15, -0.1) is 22.7 Å². The van der Waals surface area contributed by atoms with E-state index in [2.05, 4.69) is 217 Å². The molecule has 0 aliphatic rings. The van der Waals surface area contributed by atoms with Gasteiger partial charge in [-0.25, -0.2) is 0 Å². The molecule has 0 atom stereocenters. The number of hydrogen-bond acceptors (Lipinski definition) is 3. The van der Waals surface area contributed by atoms with Crippen LogP contribution in [-0.4, -0.2) is 0 Å². The minimum absolute atomic E-state index is 1.11. The second kappa shape index (κ2) is 14.1. The number of thiophene rings is 2. The monoisotopic (exact) mass is 761 g/mol. The van der Waals surface area contributed by atoms with E-state index >= 15 is 0 Å². The molecule has 0 fully saturated rings. The Hall–Kier alpha value is -6.78. The van der Waals surface area contributed by atoms with Gasteiger partial charge in [0, 0.05) is 57.4 Å². The van der Waals surface area contributed by atoms with Crippen molar-refractivity contribution < 1.29 is 0 Å².